The van der Waals surface area contributed by atoms with Crippen LogP contribution in [0, 0.1) is 0 Å². The highest BCUT2D eigenvalue weighted by atomic mass is 32.2. The zero-order valence-electron chi connectivity index (χ0n) is 41.0. The molecule has 0 amide bonds. The van der Waals surface area contributed by atoms with Crippen molar-refractivity contribution in [2.45, 2.75) is 140 Å². The third-order valence-electron chi connectivity index (χ3n) is 12.8. The molecule has 2 saturated heterocycles. The van der Waals surface area contributed by atoms with Gasteiger partial charge in [0.2, 0.25) is 0 Å². The van der Waals surface area contributed by atoms with Crippen LogP contribution in [0.25, 0.3) is 0 Å². The topological polar surface area (TPSA) is 124 Å². The molecule has 2 aliphatic heterocycles. The van der Waals surface area contributed by atoms with E-state index in [0.717, 1.165) is 108 Å². The molecule has 6 rings (SSSR count). The van der Waals surface area contributed by atoms with Crippen molar-refractivity contribution in [3.05, 3.63) is 121 Å². The van der Waals surface area contributed by atoms with Gasteiger partial charge < -0.3 is 28.0 Å². The minimum atomic E-state index is -3.11. The van der Waals surface area contributed by atoms with Gasteiger partial charge in [0.05, 0.1) is 26.4 Å². The molecule has 4 aromatic rings. The number of ether oxygens (including phenoxy) is 4. The molecule has 0 aromatic heterocycles. The van der Waals surface area contributed by atoms with Crippen LogP contribution in [0.5, 0.6) is 0 Å². The van der Waals surface area contributed by atoms with Gasteiger partial charge in [-0.05, 0) is 85.7 Å². The lowest BCUT2D eigenvalue weighted by molar-refractivity contribution is -0.155. The fourth-order valence-corrected chi connectivity index (χ4v) is 14.9. The van der Waals surface area contributed by atoms with Gasteiger partial charge >= 0.3 is 11.9 Å². The number of hydrogen-bond donors (Lipinski definition) is 0. The lowest BCUT2D eigenvalue weighted by Gasteiger charge is -2.19. The highest BCUT2D eigenvalue weighted by molar-refractivity contribution is 7.99. The summed E-state index contributed by atoms with van der Waals surface area (Å²) in [4.78, 5) is 25.3. The summed E-state index contributed by atoms with van der Waals surface area (Å²) in [6, 6.07) is 38.0. The Kier molecular flexibility index (Phi) is 25.7. The van der Waals surface area contributed by atoms with Crippen molar-refractivity contribution in [2.24, 2.45) is 0 Å². The van der Waals surface area contributed by atoms with Crippen LogP contribution < -0.4 is 21.2 Å². The molecule has 0 spiro atoms. The van der Waals surface area contributed by atoms with E-state index in [1.807, 2.05) is 145 Å². The Morgan fingerprint density at radius 2 is 0.700 bits per heavy atom. The summed E-state index contributed by atoms with van der Waals surface area (Å²) in [7, 11) is -6.23. The Balaban J connectivity index is 0.692. The predicted octanol–water partition coefficient (Wildman–Crippen LogP) is 12.0. The van der Waals surface area contributed by atoms with Crippen LogP contribution in [-0.4, -0.2) is 85.8 Å². The van der Waals surface area contributed by atoms with E-state index in [4.69, 9.17) is 28.0 Å². The molecule has 4 aromatic carbocycles. The summed E-state index contributed by atoms with van der Waals surface area (Å²) in [5, 5.41) is 2.93. The van der Waals surface area contributed by atoms with Gasteiger partial charge in [-0.1, -0.05) is 150 Å². The summed E-state index contributed by atoms with van der Waals surface area (Å²) < 4.78 is 63.4. The third kappa shape index (κ3) is 18.7. The first-order chi connectivity index (χ1) is 34.4. The van der Waals surface area contributed by atoms with E-state index < -0.39 is 39.2 Å². The van der Waals surface area contributed by atoms with Crippen LogP contribution in [0.2, 0.25) is 0 Å². The first kappa shape index (κ1) is 56.1. The van der Waals surface area contributed by atoms with Gasteiger partial charge in [-0.25, -0.2) is 0 Å². The molecule has 0 aliphatic carbocycles. The molecular formula is C56H76O10P2S2. The molecule has 4 atom stereocenters. The minimum absolute atomic E-state index is 0.224. The van der Waals surface area contributed by atoms with Crippen molar-refractivity contribution in [3.8, 4) is 0 Å². The monoisotopic (exact) mass is 1030 g/mol. The number of esters is 2. The Labute approximate surface area is 426 Å². The van der Waals surface area contributed by atoms with E-state index in [-0.39, 0.29) is 25.2 Å². The maximum atomic E-state index is 13.9. The number of rotatable bonds is 36. The van der Waals surface area contributed by atoms with Crippen molar-refractivity contribution >= 4 is 71.4 Å². The summed E-state index contributed by atoms with van der Waals surface area (Å²) in [6.45, 7) is 1.42. The van der Waals surface area contributed by atoms with Gasteiger partial charge in [-0.2, -0.15) is 23.5 Å². The van der Waals surface area contributed by atoms with Gasteiger partial charge in [0, 0.05) is 45.6 Å². The van der Waals surface area contributed by atoms with Gasteiger partial charge in [-0.15, -0.1) is 0 Å². The van der Waals surface area contributed by atoms with Crippen LogP contribution >= 0.6 is 38.3 Å². The molecule has 382 valence electrons. The van der Waals surface area contributed by atoms with Crippen LogP contribution in [0.4, 0.5) is 0 Å². The molecular weight excluding hydrogens is 959 g/mol. The zero-order valence-corrected chi connectivity index (χ0v) is 44.5. The fraction of sp³-hybridized carbons (Fsp3) is 0.536. The molecule has 2 fully saturated rings. The average Bonchev–Trinajstić information content (AvgIpc) is 3.99. The summed E-state index contributed by atoms with van der Waals surface area (Å²) in [6.07, 6.45) is 16.7. The number of carbonyl (C=O) groups excluding carboxylic acids is 2. The molecule has 14 heteroatoms. The Morgan fingerprint density at radius 1 is 0.414 bits per heavy atom. The van der Waals surface area contributed by atoms with Crippen molar-refractivity contribution in [3.63, 3.8) is 0 Å². The lowest BCUT2D eigenvalue weighted by atomic mass is 10.1. The maximum Gasteiger partial charge on any atom is 0.306 e. The largest absolute Gasteiger partial charge is 0.457 e. The summed E-state index contributed by atoms with van der Waals surface area (Å²) in [5.74, 6) is 3.32. The predicted molar refractivity (Wildman–Crippen MR) is 288 cm³/mol. The summed E-state index contributed by atoms with van der Waals surface area (Å²) in [5.41, 5.74) is 0. The number of unbranched alkanes of at least 4 members (excludes halogenated alkanes) is 14. The minimum Gasteiger partial charge on any atom is -0.457 e. The Bertz CT molecular complexity index is 1910. The Morgan fingerprint density at radius 3 is 1.01 bits per heavy atom. The first-order valence-corrected chi connectivity index (χ1v) is 31.4. The molecule has 2 aliphatic rings. The van der Waals surface area contributed by atoms with E-state index >= 15 is 0 Å². The molecule has 10 nitrogen and oxygen atoms in total. The maximum absolute atomic E-state index is 13.9. The molecule has 0 saturated carbocycles. The highest BCUT2D eigenvalue weighted by Crippen LogP contribution is 2.45. The standard InChI is InChI=1S/C56H76O10P2S2/c57-53(37-25-9-5-1-3-7-11-27-41-69-43-39-63-67(59,47-29-17-13-18-30-47)48-31-19-14-20-32-48)65-51-45-61-56-52(46-62-55(51)56)66-54(58)38-26-10-6-2-4-8-12-28-42-70-44-40-64-68(60,49-33-21-15-22-34-49)50-35-23-16-24-36-50/h13-24,29-36,51-52,55-56H,1-12,25-28,37-46H2/t51-,52+,55-,56-/m1/s1. The van der Waals surface area contributed by atoms with E-state index in [0.29, 0.717) is 26.1 Å². The zero-order chi connectivity index (χ0) is 49.0. The van der Waals surface area contributed by atoms with Crippen molar-refractivity contribution in [2.75, 3.05) is 49.4 Å². The van der Waals surface area contributed by atoms with Crippen molar-refractivity contribution in [1.82, 2.24) is 0 Å². The second kappa shape index (κ2) is 32.1. The lowest BCUT2D eigenvalue weighted by Crippen LogP contribution is -2.35. The number of benzene rings is 4. The SMILES string of the molecule is O=C(CCCCCCCCCCSCCOP(=O)(c1ccccc1)c1ccccc1)O[C@H]1CO[C@H]2[C@@H]1OC[C@H]2OC(=O)CCCCCCCCCCSCCOP(=O)(c1ccccc1)c1ccccc1. The van der Waals surface area contributed by atoms with E-state index in [1.165, 1.54) is 38.5 Å². The van der Waals surface area contributed by atoms with Crippen molar-refractivity contribution < 1.29 is 46.7 Å². The van der Waals surface area contributed by atoms with Gasteiger partial charge in [0.25, 0.3) is 14.7 Å². The average molecular weight is 1040 g/mol. The van der Waals surface area contributed by atoms with Crippen LogP contribution in [0.15, 0.2) is 121 Å². The van der Waals surface area contributed by atoms with Crippen LogP contribution in [0.1, 0.15) is 116 Å². The molecule has 0 unspecified atom stereocenters. The number of thioether (sulfide) groups is 2. The van der Waals surface area contributed by atoms with Gasteiger partial charge in [0.1, 0.15) is 12.2 Å². The second-order valence-corrected chi connectivity index (χ2v) is 25.4. The third-order valence-corrected chi connectivity index (χ3v) is 19.8. The normalized spacial score (nSPS) is 17.9. The Hall–Kier alpha value is -3.18. The number of hydrogen-bond acceptors (Lipinski definition) is 12. The highest BCUT2D eigenvalue weighted by Gasteiger charge is 2.51. The number of fused-ring (bicyclic) bond motifs is 1. The first-order valence-electron chi connectivity index (χ1n) is 25.9. The van der Waals surface area contributed by atoms with Gasteiger partial charge in [0.15, 0.2) is 12.2 Å². The molecule has 0 radical (unpaired) electrons. The molecule has 0 bridgehead atoms. The van der Waals surface area contributed by atoms with Crippen molar-refractivity contribution in [1.29, 1.82) is 0 Å². The van der Waals surface area contributed by atoms with E-state index in [1.54, 1.807) is 0 Å². The second-order valence-electron chi connectivity index (χ2n) is 18.1. The van der Waals surface area contributed by atoms with Crippen LogP contribution in [0.3, 0.4) is 0 Å². The summed E-state index contributed by atoms with van der Waals surface area (Å²) >= 11 is 3.71. The van der Waals surface area contributed by atoms with E-state index in [9.17, 15) is 18.7 Å². The molecule has 0 N–H and O–H groups in total. The fourth-order valence-electron chi connectivity index (χ4n) is 8.90. The van der Waals surface area contributed by atoms with Crippen LogP contribution in [-0.2, 0) is 46.7 Å². The number of carbonyl (C=O) groups is 2. The molecule has 70 heavy (non-hydrogen) atoms. The van der Waals surface area contributed by atoms with E-state index in [2.05, 4.69) is 0 Å². The molecule has 2 heterocycles. The smallest absolute Gasteiger partial charge is 0.306 e. The quantitative estimate of drug-likeness (QED) is 0.0245. The van der Waals surface area contributed by atoms with Gasteiger partial charge in [-0.3, -0.25) is 18.7 Å².